The smallest absolute Gasteiger partial charge is 0.386 e. The lowest BCUT2D eigenvalue weighted by Crippen LogP contribution is -2.30. The SMILES string of the molecule is CCC(c1ccc(OP(=O)(Oc2ccc(C(CC)(c3ccccc3-c3ccccc3)c3ccccc3-c3ccccc3)cc2)Oc2ccc(C(CC)(c3ccccc3-c3ccccc3)c3ccccc3-c3ccccc3)cc2)cc1)(c1ccccc1-c1ccccc1)c1ccccc1-c1ccccc1. The summed E-state index contributed by atoms with van der Waals surface area (Å²) in [5.74, 6) is 0.925. The van der Waals surface area contributed by atoms with Crippen LogP contribution in [0.25, 0.3) is 66.8 Å². The highest BCUT2D eigenvalue weighted by atomic mass is 31.2. The van der Waals surface area contributed by atoms with E-state index < -0.39 is 24.1 Å². The van der Waals surface area contributed by atoms with Crippen LogP contribution >= 0.6 is 7.82 Å². The van der Waals surface area contributed by atoms with E-state index in [1.807, 2.05) is 36.4 Å². The van der Waals surface area contributed by atoms with Crippen molar-refractivity contribution in [3.05, 3.63) is 450 Å². The number of rotatable bonds is 24. The van der Waals surface area contributed by atoms with Crippen LogP contribution in [-0.4, -0.2) is 0 Å². The van der Waals surface area contributed by atoms with Gasteiger partial charge in [0.1, 0.15) is 17.2 Å². The molecular formula is C99H81O4P. The van der Waals surface area contributed by atoms with Crippen molar-refractivity contribution in [3.8, 4) is 84.0 Å². The first kappa shape index (κ1) is 67.7. The Balaban J connectivity index is 0.870. The van der Waals surface area contributed by atoms with Gasteiger partial charge in [-0.3, -0.25) is 0 Å². The fourth-order valence-electron chi connectivity index (χ4n) is 16.3. The molecule has 0 unspecified atom stereocenters. The molecule has 0 atom stereocenters. The quantitative estimate of drug-likeness (QED) is 0.0447. The summed E-state index contributed by atoms with van der Waals surface area (Å²) in [4.78, 5) is 0. The van der Waals surface area contributed by atoms with Gasteiger partial charge < -0.3 is 13.6 Å². The van der Waals surface area contributed by atoms with Crippen molar-refractivity contribution in [2.45, 2.75) is 56.3 Å². The molecule has 0 saturated carbocycles. The van der Waals surface area contributed by atoms with Gasteiger partial charge in [-0.25, -0.2) is 0 Å². The molecular weight excluding hydrogens is 1280 g/mol. The molecule has 104 heavy (non-hydrogen) atoms. The predicted octanol–water partition coefficient (Wildman–Crippen LogP) is 26.6. The Bertz CT molecular complexity index is 4620. The minimum Gasteiger partial charge on any atom is -0.386 e. The molecule has 0 spiro atoms. The molecule has 0 fully saturated rings. The highest BCUT2D eigenvalue weighted by molar-refractivity contribution is 7.49. The summed E-state index contributed by atoms with van der Waals surface area (Å²) < 4.78 is 37.3. The molecule has 0 heterocycles. The molecule has 5 heteroatoms. The Morgan fingerprint density at radius 3 is 0.519 bits per heavy atom. The van der Waals surface area contributed by atoms with Crippen molar-refractivity contribution in [2.75, 3.05) is 0 Å². The van der Waals surface area contributed by atoms with E-state index in [0.717, 1.165) is 117 Å². The van der Waals surface area contributed by atoms with E-state index in [4.69, 9.17) is 13.6 Å². The Morgan fingerprint density at radius 1 is 0.202 bits per heavy atom. The molecule has 0 aliphatic heterocycles. The molecule has 0 saturated heterocycles. The van der Waals surface area contributed by atoms with Crippen LogP contribution in [0.4, 0.5) is 0 Å². The standard InChI is InChI=1S/C99H81O4P/c1-4-97(91-55-31-25-49-85(91)73-37-13-7-14-38-73,92-56-32-26-50-86(92)74-39-15-8-16-40-74)79-61-67-82(68-62-79)101-104(100,102-83-69-63-80(64-70-83)98(5-2,93-57-33-27-51-87(93)75-41-17-9-18-42-75)94-58-34-28-52-88(94)76-43-19-10-20-44-76)103-84-71-65-81(66-72-84)99(6-3,95-59-35-29-53-89(95)77-45-21-11-22-46-77)96-60-36-30-54-90(96)78-47-23-12-24-48-78/h7-72H,4-6H2,1-3H3. The lowest BCUT2D eigenvalue weighted by molar-refractivity contribution is 0.298. The van der Waals surface area contributed by atoms with Crippen LogP contribution in [0, 0.1) is 0 Å². The van der Waals surface area contributed by atoms with Gasteiger partial charge in [0.25, 0.3) is 0 Å². The van der Waals surface area contributed by atoms with E-state index in [1.165, 1.54) is 0 Å². The molecule has 506 valence electrons. The van der Waals surface area contributed by atoms with Gasteiger partial charge in [0, 0.05) is 16.2 Å². The number of benzene rings is 15. The number of hydrogen-bond donors (Lipinski definition) is 0. The van der Waals surface area contributed by atoms with E-state index in [-0.39, 0.29) is 0 Å². The minimum absolute atomic E-state index is 0.308. The molecule has 0 aliphatic rings. The van der Waals surface area contributed by atoms with Crippen LogP contribution in [0.3, 0.4) is 0 Å². The first-order chi connectivity index (χ1) is 51.3. The van der Waals surface area contributed by atoms with Crippen LogP contribution in [0.1, 0.15) is 90.1 Å². The number of phosphoric acid groups is 1. The van der Waals surface area contributed by atoms with Crippen molar-refractivity contribution < 1.29 is 18.1 Å². The average Bonchev–Trinajstić information content (AvgIpc) is 0.744. The second-order valence-corrected chi connectivity index (χ2v) is 28.0. The maximum atomic E-state index is 16.6. The highest BCUT2D eigenvalue weighted by Crippen LogP contribution is 2.56. The summed E-state index contributed by atoms with van der Waals surface area (Å²) in [6.45, 7) is 6.80. The molecule has 0 N–H and O–H groups in total. The number of hydrogen-bond acceptors (Lipinski definition) is 4. The normalized spacial score (nSPS) is 11.8. The Morgan fingerprint density at radius 2 is 0.356 bits per heavy atom. The summed E-state index contributed by atoms with van der Waals surface area (Å²) in [5, 5.41) is 0. The maximum absolute atomic E-state index is 16.6. The van der Waals surface area contributed by atoms with E-state index in [9.17, 15) is 0 Å². The summed E-state index contributed by atoms with van der Waals surface area (Å²) in [6.07, 6.45) is 2.13. The van der Waals surface area contributed by atoms with E-state index in [2.05, 4.69) is 385 Å². The first-order valence-corrected chi connectivity index (χ1v) is 37.6. The van der Waals surface area contributed by atoms with Crippen molar-refractivity contribution >= 4 is 7.82 Å². The van der Waals surface area contributed by atoms with Gasteiger partial charge in [-0.05, 0) is 172 Å². The molecule has 15 aromatic rings. The van der Waals surface area contributed by atoms with Crippen LogP contribution in [-0.2, 0) is 20.8 Å². The fraction of sp³-hybridized carbons (Fsp3) is 0.0909. The van der Waals surface area contributed by atoms with Crippen molar-refractivity contribution in [1.82, 2.24) is 0 Å². The van der Waals surface area contributed by atoms with Crippen molar-refractivity contribution in [1.29, 1.82) is 0 Å². The van der Waals surface area contributed by atoms with Gasteiger partial charge >= 0.3 is 7.82 Å². The zero-order valence-electron chi connectivity index (χ0n) is 58.8. The summed E-state index contributed by atoms with van der Waals surface area (Å²) >= 11 is 0. The van der Waals surface area contributed by atoms with Crippen molar-refractivity contribution in [3.63, 3.8) is 0 Å². The summed E-state index contributed by atoms with van der Waals surface area (Å²) in [5.41, 5.74) is 21.5. The van der Waals surface area contributed by atoms with Gasteiger partial charge in [0.2, 0.25) is 0 Å². The second-order valence-electron chi connectivity index (χ2n) is 26.5. The molecule has 0 radical (unpaired) electrons. The fourth-order valence-corrected chi connectivity index (χ4v) is 17.6. The van der Waals surface area contributed by atoms with Gasteiger partial charge in [-0.2, -0.15) is 4.57 Å². The lowest BCUT2D eigenvalue weighted by Gasteiger charge is -2.38. The average molecular weight is 1370 g/mol. The van der Waals surface area contributed by atoms with Gasteiger partial charge in [0.15, 0.2) is 0 Å². The largest absolute Gasteiger partial charge is 0.647 e. The molecule has 0 amide bonds. The van der Waals surface area contributed by atoms with Crippen molar-refractivity contribution in [2.24, 2.45) is 0 Å². The van der Waals surface area contributed by atoms with Crippen LogP contribution in [0.2, 0.25) is 0 Å². The van der Waals surface area contributed by atoms with E-state index in [0.29, 0.717) is 36.5 Å². The highest BCUT2D eigenvalue weighted by Gasteiger charge is 2.43. The van der Waals surface area contributed by atoms with E-state index >= 15 is 4.57 Å². The zero-order valence-corrected chi connectivity index (χ0v) is 59.7. The monoisotopic (exact) mass is 1360 g/mol. The topological polar surface area (TPSA) is 44.8 Å². The Labute approximate surface area is 612 Å². The molecule has 15 aromatic carbocycles. The Hall–Kier alpha value is -12.1. The van der Waals surface area contributed by atoms with Crippen LogP contribution in [0.5, 0.6) is 17.2 Å². The molecule has 0 bridgehead atoms. The molecule has 0 aromatic heterocycles. The zero-order chi connectivity index (χ0) is 70.8. The predicted molar refractivity (Wildman–Crippen MR) is 431 cm³/mol. The summed E-state index contributed by atoms with van der Waals surface area (Å²) in [7, 11) is -4.71. The second kappa shape index (κ2) is 30.2. The molecule has 15 rings (SSSR count). The van der Waals surface area contributed by atoms with Crippen LogP contribution < -0.4 is 13.6 Å². The first-order valence-electron chi connectivity index (χ1n) is 36.2. The third-order valence-electron chi connectivity index (χ3n) is 21.1. The molecule has 4 nitrogen and oxygen atoms in total. The van der Waals surface area contributed by atoms with Gasteiger partial charge in [-0.1, -0.05) is 385 Å². The third kappa shape index (κ3) is 13.0. The number of phosphoric ester groups is 1. The minimum atomic E-state index is -4.71. The Kier molecular flexibility index (Phi) is 19.7. The van der Waals surface area contributed by atoms with Gasteiger partial charge in [0.05, 0.1) is 0 Å². The summed E-state index contributed by atoms with van der Waals surface area (Å²) in [6, 6.07) is 141. The van der Waals surface area contributed by atoms with Crippen LogP contribution in [0.15, 0.2) is 400 Å². The molecule has 0 aliphatic carbocycles. The van der Waals surface area contributed by atoms with Gasteiger partial charge in [-0.15, -0.1) is 0 Å². The maximum Gasteiger partial charge on any atom is 0.647 e. The third-order valence-corrected chi connectivity index (χ3v) is 22.4. The lowest BCUT2D eigenvalue weighted by atomic mass is 9.64. The van der Waals surface area contributed by atoms with E-state index in [1.54, 1.807) is 0 Å².